The van der Waals surface area contributed by atoms with Crippen molar-refractivity contribution in [1.29, 1.82) is 0 Å². The number of hydrogen-bond acceptors (Lipinski definition) is 1. The van der Waals surface area contributed by atoms with Gasteiger partial charge < -0.3 is 4.74 Å². The highest BCUT2D eigenvalue weighted by Crippen LogP contribution is 2.23. The zero-order valence-electron chi connectivity index (χ0n) is 8.66. The molecule has 1 aromatic rings. The van der Waals surface area contributed by atoms with Gasteiger partial charge in [0.05, 0.1) is 0 Å². The molecule has 2 heteroatoms. The van der Waals surface area contributed by atoms with Crippen molar-refractivity contribution in [3.8, 4) is 5.75 Å². The molecule has 0 atom stereocenters. The first-order valence-corrected chi connectivity index (χ1v) is 6.13. The molecule has 0 saturated carbocycles. The Hall–Kier alpha value is -0.770. The molecule has 2 rings (SSSR count). The van der Waals surface area contributed by atoms with Gasteiger partial charge in [0.1, 0.15) is 11.5 Å². The van der Waals surface area contributed by atoms with E-state index in [1.54, 1.807) is 0 Å². The summed E-state index contributed by atoms with van der Waals surface area (Å²) in [6, 6.07) is 8.12. The second kappa shape index (κ2) is 4.84. The lowest BCUT2D eigenvalue weighted by Gasteiger charge is -2.13. The van der Waals surface area contributed by atoms with Crippen molar-refractivity contribution < 1.29 is 4.74 Å². The number of hydrogen-bond donors (Lipinski definition) is 0. The summed E-state index contributed by atoms with van der Waals surface area (Å²) in [5, 5.41) is 0. The van der Waals surface area contributed by atoms with Gasteiger partial charge in [-0.2, -0.15) is 0 Å². The first-order chi connectivity index (χ1) is 7.25. The van der Waals surface area contributed by atoms with Gasteiger partial charge in [0.2, 0.25) is 0 Å². The summed E-state index contributed by atoms with van der Waals surface area (Å²) in [7, 11) is 0. The number of benzene rings is 1. The Kier molecular flexibility index (Phi) is 3.46. The molecular formula is C13H13IO. The number of ether oxygens (including phenoxy) is 1. The smallest absolute Gasteiger partial charge is 0.127 e. The molecule has 0 aromatic heterocycles. The van der Waals surface area contributed by atoms with Gasteiger partial charge in [0, 0.05) is 3.57 Å². The van der Waals surface area contributed by atoms with Crippen LogP contribution in [-0.2, 0) is 0 Å². The quantitative estimate of drug-likeness (QED) is 0.740. The van der Waals surface area contributed by atoms with E-state index in [-0.39, 0.29) is 0 Å². The van der Waals surface area contributed by atoms with E-state index in [0.717, 1.165) is 24.4 Å². The number of halogens is 1. The minimum atomic E-state index is 0.913. The van der Waals surface area contributed by atoms with Crippen LogP contribution in [0.4, 0.5) is 0 Å². The monoisotopic (exact) mass is 312 g/mol. The topological polar surface area (TPSA) is 9.23 Å². The van der Waals surface area contributed by atoms with E-state index in [1.807, 2.05) is 12.1 Å². The second-order valence-corrected chi connectivity index (χ2v) is 4.89. The summed E-state index contributed by atoms with van der Waals surface area (Å²) in [6.07, 6.45) is 6.47. The van der Waals surface area contributed by atoms with Crippen molar-refractivity contribution in [2.75, 3.05) is 0 Å². The Morgan fingerprint density at radius 1 is 1.20 bits per heavy atom. The Balaban J connectivity index is 2.15. The fourth-order valence-corrected chi connectivity index (χ4v) is 1.87. The number of allylic oxidation sites excluding steroid dienone is 3. The summed E-state index contributed by atoms with van der Waals surface area (Å²) in [6.45, 7) is 2.13. The molecule has 1 aromatic carbocycles. The predicted molar refractivity (Wildman–Crippen MR) is 70.9 cm³/mol. The van der Waals surface area contributed by atoms with E-state index >= 15 is 0 Å². The number of rotatable bonds is 2. The highest BCUT2D eigenvalue weighted by Gasteiger charge is 2.05. The van der Waals surface area contributed by atoms with Gasteiger partial charge >= 0.3 is 0 Å². The van der Waals surface area contributed by atoms with Crippen molar-refractivity contribution in [2.24, 2.45) is 0 Å². The first-order valence-electron chi connectivity index (χ1n) is 5.05. The lowest BCUT2D eigenvalue weighted by atomic mass is 10.1. The van der Waals surface area contributed by atoms with Crippen molar-refractivity contribution in [2.45, 2.75) is 19.8 Å². The Morgan fingerprint density at radius 3 is 2.60 bits per heavy atom. The molecule has 0 bridgehead atoms. The third-order valence-corrected chi connectivity index (χ3v) is 3.14. The molecular weight excluding hydrogens is 299 g/mol. The normalized spacial score (nSPS) is 15.6. The van der Waals surface area contributed by atoms with Crippen molar-refractivity contribution >= 4 is 22.6 Å². The summed E-state index contributed by atoms with van der Waals surface area (Å²) in [5.41, 5.74) is 1.33. The molecule has 0 heterocycles. The molecule has 0 spiro atoms. The molecule has 0 N–H and O–H groups in total. The van der Waals surface area contributed by atoms with Gasteiger partial charge in [-0.1, -0.05) is 6.08 Å². The van der Waals surface area contributed by atoms with E-state index in [0.29, 0.717) is 0 Å². The van der Waals surface area contributed by atoms with Crippen LogP contribution >= 0.6 is 22.6 Å². The summed E-state index contributed by atoms with van der Waals surface area (Å²) in [4.78, 5) is 0. The van der Waals surface area contributed by atoms with Crippen LogP contribution in [0.2, 0.25) is 0 Å². The molecule has 0 fully saturated rings. The van der Waals surface area contributed by atoms with E-state index in [2.05, 4.69) is 53.8 Å². The maximum atomic E-state index is 5.81. The third kappa shape index (κ3) is 2.84. The molecule has 1 aliphatic carbocycles. The molecule has 0 aliphatic heterocycles. The van der Waals surface area contributed by atoms with Gasteiger partial charge in [0.15, 0.2) is 0 Å². The van der Waals surface area contributed by atoms with Crippen LogP contribution in [-0.4, -0.2) is 0 Å². The summed E-state index contributed by atoms with van der Waals surface area (Å²) >= 11 is 2.29. The SMILES string of the molecule is CC1=C(Oc2ccc(I)cc2)C=CCC1. The first kappa shape index (κ1) is 10.7. The maximum absolute atomic E-state index is 5.81. The zero-order chi connectivity index (χ0) is 10.7. The average molecular weight is 312 g/mol. The van der Waals surface area contributed by atoms with Crippen molar-refractivity contribution in [3.05, 3.63) is 51.3 Å². The molecule has 1 nitrogen and oxygen atoms in total. The highest BCUT2D eigenvalue weighted by molar-refractivity contribution is 14.1. The third-order valence-electron chi connectivity index (χ3n) is 2.42. The largest absolute Gasteiger partial charge is 0.457 e. The Bertz CT molecular complexity index is 401. The van der Waals surface area contributed by atoms with Gasteiger partial charge in [-0.3, -0.25) is 0 Å². The van der Waals surface area contributed by atoms with Crippen LogP contribution in [0.5, 0.6) is 5.75 Å². The fraction of sp³-hybridized carbons (Fsp3) is 0.231. The molecule has 0 radical (unpaired) electrons. The molecule has 0 saturated heterocycles. The summed E-state index contributed by atoms with van der Waals surface area (Å²) < 4.78 is 7.04. The average Bonchev–Trinajstić information content (AvgIpc) is 2.25. The second-order valence-electron chi connectivity index (χ2n) is 3.64. The van der Waals surface area contributed by atoms with Gasteiger partial charge in [0.25, 0.3) is 0 Å². The van der Waals surface area contributed by atoms with E-state index in [1.165, 1.54) is 9.14 Å². The standard InChI is InChI=1S/C13H13IO/c1-10-4-2-3-5-13(10)15-12-8-6-11(14)7-9-12/h3,5-9H,2,4H2,1H3. The van der Waals surface area contributed by atoms with E-state index in [9.17, 15) is 0 Å². The van der Waals surface area contributed by atoms with Gasteiger partial charge in [-0.05, 0) is 78.3 Å². The van der Waals surface area contributed by atoms with Crippen molar-refractivity contribution in [1.82, 2.24) is 0 Å². The zero-order valence-corrected chi connectivity index (χ0v) is 10.8. The van der Waals surface area contributed by atoms with Crippen molar-refractivity contribution in [3.63, 3.8) is 0 Å². The Morgan fingerprint density at radius 2 is 1.93 bits per heavy atom. The van der Waals surface area contributed by atoms with Crippen LogP contribution in [0, 0.1) is 3.57 Å². The fourth-order valence-electron chi connectivity index (χ4n) is 1.51. The molecule has 15 heavy (non-hydrogen) atoms. The maximum Gasteiger partial charge on any atom is 0.127 e. The molecule has 78 valence electrons. The van der Waals surface area contributed by atoms with Crippen LogP contribution in [0.3, 0.4) is 0 Å². The van der Waals surface area contributed by atoms with Crippen LogP contribution in [0.25, 0.3) is 0 Å². The van der Waals surface area contributed by atoms with Crippen LogP contribution < -0.4 is 4.74 Å². The van der Waals surface area contributed by atoms with Gasteiger partial charge in [-0.25, -0.2) is 0 Å². The van der Waals surface area contributed by atoms with Crippen LogP contribution in [0.15, 0.2) is 47.7 Å². The van der Waals surface area contributed by atoms with E-state index in [4.69, 9.17) is 4.74 Å². The van der Waals surface area contributed by atoms with E-state index < -0.39 is 0 Å². The highest BCUT2D eigenvalue weighted by atomic mass is 127. The minimum absolute atomic E-state index is 0.913. The molecule has 0 unspecified atom stereocenters. The van der Waals surface area contributed by atoms with Crippen LogP contribution in [0.1, 0.15) is 19.8 Å². The Labute approximate surface area is 104 Å². The summed E-state index contributed by atoms with van der Waals surface area (Å²) in [5.74, 6) is 1.92. The molecule has 0 amide bonds. The van der Waals surface area contributed by atoms with Gasteiger partial charge in [-0.15, -0.1) is 0 Å². The predicted octanol–water partition coefficient (Wildman–Crippen LogP) is 4.29. The molecule has 1 aliphatic rings. The lowest BCUT2D eigenvalue weighted by Crippen LogP contribution is -1.99. The lowest BCUT2D eigenvalue weighted by molar-refractivity contribution is 0.432. The minimum Gasteiger partial charge on any atom is -0.457 e.